The Balaban J connectivity index is 1.61. The number of nitrogens with one attached hydrogen (secondary N) is 2. The normalized spacial score (nSPS) is 16.0. The second-order valence-electron chi connectivity index (χ2n) is 7.53. The average molecular weight is 361 g/mol. The van der Waals surface area contributed by atoms with Gasteiger partial charge in [-0.3, -0.25) is 5.10 Å². The second-order valence-corrected chi connectivity index (χ2v) is 7.53. The largest absolute Gasteiger partial charge is 0.324 e. The summed E-state index contributed by atoms with van der Waals surface area (Å²) >= 11 is 0. The Labute approximate surface area is 160 Å². The van der Waals surface area contributed by atoms with E-state index in [0.717, 1.165) is 28.9 Å². The molecule has 1 fully saturated rings. The SMILES string of the molecule is C/C=C(/C)c1cnc(Nc2ccc3[nH]ncc3c2)nc1CC1CCCCC1. The lowest BCUT2D eigenvalue weighted by molar-refractivity contribution is 0.354. The van der Waals surface area contributed by atoms with E-state index in [1.807, 2.05) is 24.5 Å². The summed E-state index contributed by atoms with van der Waals surface area (Å²) < 4.78 is 0. The smallest absolute Gasteiger partial charge is 0.227 e. The van der Waals surface area contributed by atoms with Crippen LogP contribution in [0.2, 0.25) is 0 Å². The molecule has 0 aliphatic heterocycles. The highest BCUT2D eigenvalue weighted by Crippen LogP contribution is 2.29. The molecular weight excluding hydrogens is 334 g/mol. The van der Waals surface area contributed by atoms with Crippen LogP contribution in [0.4, 0.5) is 11.6 Å². The Morgan fingerprint density at radius 3 is 2.89 bits per heavy atom. The number of fused-ring (bicyclic) bond motifs is 1. The fraction of sp³-hybridized carbons (Fsp3) is 0.409. The van der Waals surface area contributed by atoms with Crippen molar-refractivity contribution < 1.29 is 0 Å². The summed E-state index contributed by atoms with van der Waals surface area (Å²) in [5, 5.41) is 11.5. The van der Waals surface area contributed by atoms with Crippen LogP contribution in [-0.4, -0.2) is 20.2 Å². The molecule has 1 aliphatic carbocycles. The first-order valence-corrected chi connectivity index (χ1v) is 9.92. The molecule has 5 heteroatoms. The number of H-pyrrole nitrogens is 1. The fourth-order valence-electron chi connectivity index (χ4n) is 3.93. The van der Waals surface area contributed by atoms with Gasteiger partial charge in [0.15, 0.2) is 0 Å². The molecule has 2 aromatic heterocycles. The molecule has 2 N–H and O–H groups in total. The number of hydrogen-bond donors (Lipinski definition) is 2. The molecule has 0 atom stereocenters. The molecule has 1 aliphatic rings. The van der Waals surface area contributed by atoms with Crippen molar-refractivity contribution in [2.24, 2.45) is 5.92 Å². The Bertz CT molecular complexity index is 950. The summed E-state index contributed by atoms with van der Waals surface area (Å²) in [5.41, 5.74) is 5.59. The number of anilines is 2. The van der Waals surface area contributed by atoms with Crippen LogP contribution in [0.15, 0.2) is 36.7 Å². The lowest BCUT2D eigenvalue weighted by Crippen LogP contribution is -2.13. The molecule has 2 heterocycles. The van der Waals surface area contributed by atoms with Crippen LogP contribution in [0, 0.1) is 5.92 Å². The van der Waals surface area contributed by atoms with Crippen molar-refractivity contribution in [2.45, 2.75) is 52.4 Å². The van der Waals surface area contributed by atoms with Crippen LogP contribution in [-0.2, 0) is 6.42 Å². The zero-order valence-corrected chi connectivity index (χ0v) is 16.1. The van der Waals surface area contributed by atoms with Crippen molar-refractivity contribution in [3.63, 3.8) is 0 Å². The third-order valence-electron chi connectivity index (χ3n) is 5.63. The Hall–Kier alpha value is -2.69. The first kappa shape index (κ1) is 17.7. The number of allylic oxidation sites excluding steroid dienone is 2. The van der Waals surface area contributed by atoms with Gasteiger partial charge < -0.3 is 5.32 Å². The van der Waals surface area contributed by atoms with Crippen LogP contribution in [0.3, 0.4) is 0 Å². The lowest BCUT2D eigenvalue weighted by Gasteiger charge is -2.22. The van der Waals surface area contributed by atoms with Gasteiger partial charge in [-0.2, -0.15) is 5.10 Å². The summed E-state index contributed by atoms with van der Waals surface area (Å²) in [4.78, 5) is 9.49. The maximum atomic E-state index is 4.91. The highest BCUT2D eigenvalue weighted by atomic mass is 15.1. The van der Waals surface area contributed by atoms with E-state index in [-0.39, 0.29) is 0 Å². The summed E-state index contributed by atoms with van der Waals surface area (Å²) in [6.45, 7) is 4.22. The zero-order chi connectivity index (χ0) is 18.6. The van der Waals surface area contributed by atoms with Gasteiger partial charge in [0.1, 0.15) is 0 Å². The minimum atomic E-state index is 0.663. The molecule has 1 saturated carbocycles. The summed E-state index contributed by atoms with van der Waals surface area (Å²) in [7, 11) is 0. The second kappa shape index (κ2) is 7.91. The predicted octanol–water partition coefficient (Wildman–Crippen LogP) is 5.64. The number of rotatable bonds is 5. The topological polar surface area (TPSA) is 66.5 Å². The van der Waals surface area contributed by atoms with Gasteiger partial charge in [-0.15, -0.1) is 0 Å². The minimum Gasteiger partial charge on any atom is -0.324 e. The highest BCUT2D eigenvalue weighted by molar-refractivity contribution is 5.82. The lowest BCUT2D eigenvalue weighted by atomic mass is 9.85. The first-order chi connectivity index (χ1) is 13.2. The molecule has 0 bridgehead atoms. The fourth-order valence-corrected chi connectivity index (χ4v) is 3.93. The van der Waals surface area contributed by atoms with Gasteiger partial charge >= 0.3 is 0 Å². The van der Waals surface area contributed by atoms with Crippen LogP contribution in [0.1, 0.15) is 57.2 Å². The maximum absolute atomic E-state index is 4.91. The Morgan fingerprint density at radius 2 is 2.07 bits per heavy atom. The third-order valence-corrected chi connectivity index (χ3v) is 5.63. The molecule has 1 aromatic carbocycles. The molecule has 5 nitrogen and oxygen atoms in total. The zero-order valence-electron chi connectivity index (χ0n) is 16.1. The number of aromatic amines is 1. The molecule has 3 aromatic rings. The van der Waals surface area contributed by atoms with Gasteiger partial charge in [-0.25, -0.2) is 9.97 Å². The van der Waals surface area contributed by atoms with Crippen molar-refractivity contribution in [2.75, 3.05) is 5.32 Å². The molecule has 140 valence electrons. The van der Waals surface area contributed by atoms with Crippen molar-refractivity contribution in [1.82, 2.24) is 20.2 Å². The highest BCUT2D eigenvalue weighted by Gasteiger charge is 2.18. The third kappa shape index (κ3) is 4.02. The van der Waals surface area contributed by atoms with Gasteiger partial charge in [0.2, 0.25) is 5.95 Å². The standard InChI is InChI=1S/C22H27N5/c1-3-15(2)19-14-23-22(26-21(19)11-16-7-5-4-6-8-16)25-18-9-10-20-17(12-18)13-24-27-20/h3,9-10,12-14,16H,4-8,11H2,1-2H3,(H,24,27)(H,23,25,26)/b15-3-. The van der Waals surface area contributed by atoms with E-state index < -0.39 is 0 Å². The molecule has 27 heavy (non-hydrogen) atoms. The van der Waals surface area contributed by atoms with E-state index in [4.69, 9.17) is 4.98 Å². The van der Waals surface area contributed by atoms with E-state index >= 15 is 0 Å². The monoisotopic (exact) mass is 361 g/mol. The number of aromatic nitrogens is 4. The Kier molecular flexibility index (Phi) is 5.19. The molecule has 0 radical (unpaired) electrons. The molecule has 0 spiro atoms. The van der Waals surface area contributed by atoms with Crippen LogP contribution in [0.5, 0.6) is 0 Å². The molecular formula is C22H27N5. The van der Waals surface area contributed by atoms with E-state index in [0.29, 0.717) is 5.95 Å². The van der Waals surface area contributed by atoms with E-state index in [9.17, 15) is 0 Å². The van der Waals surface area contributed by atoms with Gasteiger partial charge in [0.05, 0.1) is 17.4 Å². The molecule has 4 rings (SSSR count). The van der Waals surface area contributed by atoms with Crippen molar-refractivity contribution >= 4 is 28.1 Å². The van der Waals surface area contributed by atoms with Gasteiger partial charge in [0.25, 0.3) is 0 Å². The number of hydrogen-bond acceptors (Lipinski definition) is 4. The predicted molar refractivity (Wildman–Crippen MR) is 111 cm³/mol. The van der Waals surface area contributed by atoms with E-state index in [1.165, 1.54) is 48.9 Å². The van der Waals surface area contributed by atoms with Crippen LogP contribution < -0.4 is 5.32 Å². The quantitative estimate of drug-likeness (QED) is 0.617. The molecule has 0 saturated heterocycles. The maximum Gasteiger partial charge on any atom is 0.227 e. The average Bonchev–Trinajstić information content (AvgIpc) is 3.16. The van der Waals surface area contributed by atoms with E-state index in [2.05, 4.69) is 46.5 Å². The van der Waals surface area contributed by atoms with Gasteiger partial charge in [0, 0.05) is 22.8 Å². The summed E-state index contributed by atoms with van der Waals surface area (Å²) in [6.07, 6.45) is 13.7. The van der Waals surface area contributed by atoms with Crippen molar-refractivity contribution in [1.29, 1.82) is 0 Å². The number of benzene rings is 1. The van der Waals surface area contributed by atoms with Crippen molar-refractivity contribution in [3.8, 4) is 0 Å². The van der Waals surface area contributed by atoms with Crippen LogP contribution in [0.25, 0.3) is 16.5 Å². The van der Waals surface area contributed by atoms with Gasteiger partial charge in [-0.05, 0) is 50.0 Å². The minimum absolute atomic E-state index is 0.663. The summed E-state index contributed by atoms with van der Waals surface area (Å²) in [5.74, 6) is 1.41. The Morgan fingerprint density at radius 1 is 1.22 bits per heavy atom. The summed E-state index contributed by atoms with van der Waals surface area (Å²) in [6, 6.07) is 6.11. The number of nitrogens with zero attached hydrogens (tertiary/aromatic N) is 3. The first-order valence-electron chi connectivity index (χ1n) is 9.92. The van der Waals surface area contributed by atoms with E-state index in [1.54, 1.807) is 0 Å². The van der Waals surface area contributed by atoms with Crippen LogP contribution >= 0.6 is 0 Å². The molecule has 0 unspecified atom stereocenters. The van der Waals surface area contributed by atoms with Crippen molar-refractivity contribution in [3.05, 3.63) is 47.9 Å². The van der Waals surface area contributed by atoms with Gasteiger partial charge in [-0.1, -0.05) is 38.2 Å². The molecule has 0 amide bonds.